The van der Waals surface area contributed by atoms with Crippen LogP contribution in [-0.4, -0.2) is 22.9 Å². The molecule has 1 unspecified atom stereocenters. The molecule has 1 atom stereocenters. The average Bonchev–Trinajstić information content (AvgIpc) is 2.47. The summed E-state index contributed by atoms with van der Waals surface area (Å²) in [6.07, 6.45) is 0.703. The molecule has 0 bridgehead atoms. The summed E-state index contributed by atoms with van der Waals surface area (Å²) in [4.78, 5) is 0. The number of benzene rings is 2. The Morgan fingerprint density at radius 1 is 1.09 bits per heavy atom. The quantitative estimate of drug-likeness (QED) is 0.749. The molecule has 0 aliphatic carbocycles. The van der Waals surface area contributed by atoms with Crippen LogP contribution in [0.5, 0.6) is 17.2 Å². The summed E-state index contributed by atoms with van der Waals surface area (Å²) < 4.78 is 5.74. The Hall–Kier alpha value is -1.62. The third kappa shape index (κ3) is 3.24. The van der Waals surface area contributed by atoms with Crippen molar-refractivity contribution in [3.05, 3.63) is 51.5 Å². The third-order valence-electron chi connectivity index (χ3n) is 3.68. The van der Waals surface area contributed by atoms with Crippen molar-refractivity contribution in [3.8, 4) is 17.2 Å². The van der Waals surface area contributed by atoms with Crippen LogP contribution in [-0.2, 0) is 13.0 Å². The van der Waals surface area contributed by atoms with Gasteiger partial charge in [0.1, 0.15) is 12.4 Å². The Morgan fingerprint density at radius 2 is 1.82 bits per heavy atom. The Kier molecular flexibility index (Phi) is 4.34. The number of hydrogen-bond acceptors (Lipinski definition) is 4. The topological polar surface area (TPSA) is 61.7 Å². The molecule has 22 heavy (non-hydrogen) atoms. The highest BCUT2D eigenvalue weighted by Crippen LogP contribution is 2.31. The van der Waals surface area contributed by atoms with Crippen molar-refractivity contribution in [1.82, 2.24) is 5.32 Å². The van der Waals surface area contributed by atoms with E-state index < -0.39 is 0 Å². The highest BCUT2D eigenvalue weighted by Gasteiger charge is 2.20. The molecule has 1 heterocycles. The fraction of sp³-hybridized carbons (Fsp3) is 0.250. The number of nitrogens with one attached hydrogen (secondary N) is 1. The molecule has 2 aromatic rings. The minimum atomic E-state index is -0.0962. The Labute approximate surface area is 138 Å². The zero-order valence-electron chi connectivity index (χ0n) is 11.6. The van der Waals surface area contributed by atoms with Gasteiger partial charge in [0.05, 0.1) is 5.02 Å². The molecule has 0 saturated carbocycles. The first kappa shape index (κ1) is 15.3. The van der Waals surface area contributed by atoms with Crippen LogP contribution in [0.25, 0.3) is 0 Å². The molecule has 116 valence electrons. The van der Waals surface area contributed by atoms with Gasteiger partial charge in [0.25, 0.3) is 0 Å². The van der Waals surface area contributed by atoms with Gasteiger partial charge in [-0.15, -0.1) is 0 Å². The van der Waals surface area contributed by atoms with Gasteiger partial charge in [0, 0.05) is 17.6 Å². The van der Waals surface area contributed by atoms with Crippen LogP contribution in [0.1, 0.15) is 11.1 Å². The second-order valence-corrected chi connectivity index (χ2v) is 6.12. The van der Waals surface area contributed by atoms with Crippen molar-refractivity contribution >= 4 is 23.2 Å². The van der Waals surface area contributed by atoms with Gasteiger partial charge in [-0.1, -0.05) is 23.2 Å². The average molecular weight is 340 g/mol. The summed E-state index contributed by atoms with van der Waals surface area (Å²) >= 11 is 11.9. The molecule has 0 amide bonds. The summed E-state index contributed by atoms with van der Waals surface area (Å²) in [5.41, 5.74) is 1.99. The van der Waals surface area contributed by atoms with Crippen LogP contribution in [0.2, 0.25) is 10.0 Å². The molecule has 4 nitrogen and oxygen atoms in total. The van der Waals surface area contributed by atoms with Crippen LogP contribution in [0, 0.1) is 0 Å². The number of fused-ring (bicyclic) bond motifs is 1. The molecule has 0 saturated heterocycles. The Balaban J connectivity index is 1.66. The molecule has 1 aliphatic heterocycles. The van der Waals surface area contributed by atoms with Gasteiger partial charge in [-0.2, -0.15) is 0 Å². The summed E-state index contributed by atoms with van der Waals surface area (Å²) in [6, 6.07) is 8.41. The summed E-state index contributed by atoms with van der Waals surface area (Å²) in [6.45, 7) is 1.06. The van der Waals surface area contributed by atoms with Gasteiger partial charge in [-0.05, 0) is 47.9 Å². The lowest BCUT2D eigenvalue weighted by atomic mass is 9.95. The van der Waals surface area contributed by atoms with E-state index in [0.29, 0.717) is 35.4 Å². The van der Waals surface area contributed by atoms with E-state index in [-0.39, 0.29) is 17.5 Å². The van der Waals surface area contributed by atoms with Crippen molar-refractivity contribution in [2.24, 2.45) is 0 Å². The van der Waals surface area contributed by atoms with Crippen molar-refractivity contribution < 1.29 is 14.9 Å². The highest BCUT2D eigenvalue weighted by atomic mass is 35.5. The fourth-order valence-corrected chi connectivity index (χ4v) is 2.97. The summed E-state index contributed by atoms with van der Waals surface area (Å²) in [5.74, 6) is 0.400. The lowest BCUT2D eigenvalue weighted by Gasteiger charge is -2.26. The predicted molar refractivity (Wildman–Crippen MR) is 86.1 cm³/mol. The van der Waals surface area contributed by atoms with Gasteiger partial charge in [-0.25, -0.2) is 0 Å². The first-order valence-electron chi connectivity index (χ1n) is 6.88. The van der Waals surface area contributed by atoms with Gasteiger partial charge in [0.2, 0.25) is 0 Å². The second-order valence-electron chi connectivity index (χ2n) is 5.28. The standard InChI is InChI=1S/C16H15Cl2NO3/c17-11-1-2-16(13(18)6-11)22-8-12-3-9-4-14(20)15(21)5-10(9)7-19-12/h1-2,4-6,12,19-21H,3,7-8H2. The molecule has 2 aromatic carbocycles. The molecule has 0 fully saturated rings. The number of phenols is 2. The first-order valence-corrected chi connectivity index (χ1v) is 7.63. The SMILES string of the molecule is Oc1cc2c(cc1O)CC(COc1ccc(Cl)cc1Cl)NC2. The monoisotopic (exact) mass is 339 g/mol. The number of rotatable bonds is 3. The van der Waals surface area contributed by atoms with Crippen LogP contribution in [0.4, 0.5) is 0 Å². The zero-order chi connectivity index (χ0) is 15.7. The molecule has 3 N–H and O–H groups in total. The zero-order valence-corrected chi connectivity index (χ0v) is 13.2. The Bertz CT molecular complexity index is 706. The minimum Gasteiger partial charge on any atom is -0.504 e. The van der Waals surface area contributed by atoms with Gasteiger partial charge in [-0.3, -0.25) is 0 Å². The smallest absolute Gasteiger partial charge is 0.157 e. The lowest BCUT2D eigenvalue weighted by Crippen LogP contribution is -2.39. The molecule has 0 aromatic heterocycles. The Morgan fingerprint density at radius 3 is 2.55 bits per heavy atom. The lowest BCUT2D eigenvalue weighted by molar-refractivity contribution is 0.256. The third-order valence-corrected chi connectivity index (χ3v) is 4.21. The normalized spacial score (nSPS) is 17.1. The van der Waals surface area contributed by atoms with Crippen molar-refractivity contribution in [2.45, 2.75) is 19.0 Å². The maximum atomic E-state index is 9.60. The van der Waals surface area contributed by atoms with E-state index in [1.807, 2.05) is 0 Å². The first-order chi connectivity index (χ1) is 10.5. The maximum absolute atomic E-state index is 9.60. The predicted octanol–water partition coefficient (Wildman–Crippen LogP) is 3.50. The van der Waals surface area contributed by atoms with Gasteiger partial charge < -0.3 is 20.3 Å². The molecule has 1 aliphatic rings. The molecule has 0 spiro atoms. The van der Waals surface area contributed by atoms with E-state index in [1.54, 1.807) is 30.3 Å². The van der Waals surface area contributed by atoms with Gasteiger partial charge >= 0.3 is 0 Å². The largest absolute Gasteiger partial charge is 0.504 e. The van der Waals surface area contributed by atoms with Crippen molar-refractivity contribution in [3.63, 3.8) is 0 Å². The van der Waals surface area contributed by atoms with E-state index in [0.717, 1.165) is 11.1 Å². The number of ether oxygens (including phenoxy) is 1. The van der Waals surface area contributed by atoms with Crippen molar-refractivity contribution in [1.29, 1.82) is 0 Å². The number of halogens is 2. The molecule has 0 radical (unpaired) electrons. The molecular weight excluding hydrogens is 325 g/mol. The second kappa shape index (κ2) is 6.24. The minimum absolute atomic E-state index is 0.0943. The van der Waals surface area contributed by atoms with E-state index in [2.05, 4.69) is 5.32 Å². The summed E-state index contributed by atoms with van der Waals surface area (Å²) in [5, 5.41) is 23.5. The number of aromatic hydroxyl groups is 2. The molecule has 6 heteroatoms. The number of hydrogen-bond donors (Lipinski definition) is 3. The molecule has 3 rings (SSSR count). The van der Waals surface area contributed by atoms with E-state index >= 15 is 0 Å². The van der Waals surface area contributed by atoms with Crippen molar-refractivity contribution in [2.75, 3.05) is 6.61 Å². The summed E-state index contributed by atoms with van der Waals surface area (Å²) in [7, 11) is 0. The fourth-order valence-electron chi connectivity index (χ4n) is 2.51. The van der Waals surface area contributed by atoms with E-state index in [4.69, 9.17) is 27.9 Å². The van der Waals surface area contributed by atoms with Gasteiger partial charge in [0.15, 0.2) is 11.5 Å². The maximum Gasteiger partial charge on any atom is 0.157 e. The van der Waals surface area contributed by atoms with E-state index in [9.17, 15) is 10.2 Å². The van der Waals surface area contributed by atoms with Crippen LogP contribution in [0.15, 0.2) is 30.3 Å². The van der Waals surface area contributed by atoms with Crippen LogP contribution >= 0.6 is 23.2 Å². The molecular formula is C16H15Cl2NO3. The van der Waals surface area contributed by atoms with Crippen LogP contribution in [0.3, 0.4) is 0 Å². The number of phenolic OH excluding ortho intramolecular Hbond substituents is 2. The highest BCUT2D eigenvalue weighted by molar-refractivity contribution is 6.35. The van der Waals surface area contributed by atoms with E-state index in [1.165, 1.54) is 0 Å². The van der Waals surface area contributed by atoms with Crippen LogP contribution < -0.4 is 10.1 Å².